The van der Waals surface area contributed by atoms with Gasteiger partial charge in [0.05, 0.1) is 6.61 Å². The minimum atomic E-state index is 0.0658. The zero-order valence-electron chi connectivity index (χ0n) is 9.56. The Balaban J connectivity index is 1.92. The lowest BCUT2D eigenvalue weighted by Gasteiger charge is -2.15. The van der Waals surface area contributed by atoms with Gasteiger partial charge in [-0.15, -0.1) is 0 Å². The molecular weight excluding hydrogens is 202 g/mol. The first-order chi connectivity index (χ1) is 7.88. The molecule has 0 radical (unpaired) electrons. The summed E-state index contributed by atoms with van der Waals surface area (Å²) >= 11 is 0. The van der Waals surface area contributed by atoms with Crippen LogP contribution in [0.1, 0.15) is 18.4 Å². The van der Waals surface area contributed by atoms with E-state index in [0.717, 1.165) is 12.3 Å². The molecule has 1 fully saturated rings. The van der Waals surface area contributed by atoms with Crippen molar-refractivity contribution in [3.8, 4) is 5.75 Å². The molecule has 1 aliphatic heterocycles. The van der Waals surface area contributed by atoms with Crippen molar-refractivity contribution in [2.45, 2.75) is 19.4 Å². The Morgan fingerprint density at radius 1 is 1.25 bits per heavy atom. The van der Waals surface area contributed by atoms with Gasteiger partial charge < -0.3 is 9.84 Å². The minimum absolute atomic E-state index is 0.0658. The molecule has 0 spiro atoms. The summed E-state index contributed by atoms with van der Waals surface area (Å²) < 4.78 is 5.39. The molecular formula is C13H19NO2. The second-order valence-electron chi connectivity index (χ2n) is 4.20. The molecule has 2 rings (SSSR count). The number of likely N-dealkylation sites (tertiary alicyclic amines) is 1. The van der Waals surface area contributed by atoms with Crippen LogP contribution in [-0.4, -0.2) is 36.3 Å². The molecule has 0 aliphatic carbocycles. The number of hydrogen-bond donors (Lipinski definition) is 1. The van der Waals surface area contributed by atoms with Crippen LogP contribution in [0.5, 0.6) is 5.75 Å². The van der Waals surface area contributed by atoms with Crippen LogP contribution in [-0.2, 0) is 6.54 Å². The van der Waals surface area contributed by atoms with E-state index in [9.17, 15) is 0 Å². The molecule has 0 amide bonds. The summed E-state index contributed by atoms with van der Waals surface area (Å²) in [7, 11) is 0. The van der Waals surface area contributed by atoms with E-state index in [1.165, 1.54) is 31.5 Å². The van der Waals surface area contributed by atoms with Crippen LogP contribution in [0.2, 0.25) is 0 Å². The highest BCUT2D eigenvalue weighted by Gasteiger charge is 2.11. The van der Waals surface area contributed by atoms with Gasteiger partial charge in [-0.3, -0.25) is 4.90 Å². The molecule has 3 nitrogen and oxygen atoms in total. The van der Waals surface area contributed by atoms with Crippen molar-refractivity contribution in [1.82, 2.24) is 4.90 Å². The van der Waals surface area contributed by atoms with Crippen molar-refractivity contribution in [3.63, 3.8) is 0 Å². The smallest absolute Gasteiger partial charge is 0.119 e. The summed E-state index contributed by atoms with van der Waals surface area (Å²) in [6, 6.07) is 8.14. The highest BCUT2D eigenvalue weighted by Crippen LogP contribution is 2.17. The highest BCUT2D eigenvalue weighted by molar-refractivity contribution is 5.28. The van der Waals surface area contributed by atoms with E-state index in [1.807, 2.05) is 12.1 Å². The predicted molar refractivity (Wildman–Crippen MR) is 63.5 cm³/mol. The summed E-state index contributed by atoms with van der Waals surface area (Å²) in [5.41, 5.74) is 1.29. The van der Waals surface area contributed by atoms with Crippen LogP contribution >= 0.6 is 0 Å². The number of aliphatic hydroxyl groups is 1. The summed E-state index contributed by atoms with van der Waals surface area (Å²) in [5, 5.41) is 8.69. The highest BCUT2D eigenvalue weighted by atomic mass is 16.5. The Hall–Kier alpha value is -1.06. The van der Waals surface area contributed by atoms with Gasteiger partial charge in [0.2, 0.25) is 0 Å². The molecule has 0 unspecified atom stereocenters. The quantitative estimate of drug-likeness (QED) is 0.820. The zero-order valence-corrected chi connectivity index (χ0v) is 9.56. The first-order valence-corrected chi connectivity index (χ1v) is 5.93. The molecule has 1 aliphatic rings. The van der Waals surface area contributed by atoms with Crippen LogP contribution < -0.4 is 4.74 Å². The first-order valence-electron chi connectivity index (χ1n) is 5.93. The van der Waals surface area contributed by atoms with E-state index < -0.39 is 0 Å². The molecule has 1 N–H and O–H groups in total. The van der Waals surface area contributed by atoms with Crippen molar-refractivity contribution in [2.24, 2.45) is 0 Å². The minimum Gasteiger partial charge on any atom is -0.491 e. The average molecular weight is 221 g/mol. The number of ether oxygens (including phenoxy) is 1. The Kier molecular flexibility index (Phi) is 4.19. The Morgan fingerprint density at radius 3 is 2.81 bits per heavy atom. The first kappa shape index (κ1) is 11.4. The molecule has 0 atom stereocenters. The predicted octanol–water partition coefficient (Wildman–Crippen LogP) is 1.65. The fraction of sp³-hybridized carbons (Fsp3) is 0.538. The summed E-state index contributed by atoms with van der Waals surface area (Å²) in [5.74, 6) is 0.853. The number of aliphatic hydroxyl groups excluding tert-OH is 1. The van der Waals surface area contributed by atoms with E-state index in [0.29, 0.717) is 6.61 Å². The summed E-state index contributed by atoms with van der Waals surface area (Å²) in [6.45, 7) is 3.86. The fourth-order valence-corrected chi connectivity index (χ4v) is 2.10. The maximum atomic E-state index is 8.69. The van der Waals surface area contributed by atoms with Crippen molar-refractivity contribution in [2.75, 3.05) is 26.3 Å². The van der Waals surface area contributed by atoms with Gasteiger partial charge in [-0.1, -0.05) is 12.1 Å². The van der Waals surface area contributed by atoms with Gasteiger partial charge in [0.15, 0.2) is 0 Å². The van der Waals surface area contributed by atoms with Gasteiger partial charge in [-0.25, -0.2) is 0 Å². The summed E-state index contributed by atoms with van der Waals surface area (Å²) in [4.78, 5) is 2.46. The van der Waals surface area contributed by atoms with Gasteiger partial charge in [0.1, 0.15) is 12.4 Å². The lowest BCUT2D eigenvalue weighted by molar-refractivity contribution is 0.201. The lowest BCUT2D eigenvalue weighted by Crippen LogP contribution is -2.18. The molecule has 1 heterocycles. The lowest BCUT2D eigenvalue weighted by atomic mass is 10.2. The number of benzene rings is 1. The molecule has 0 aromatic heterocycles. The number of hydrogen-bond acceptors (Lipinski definition) is 3. The topological polar surface area (TPSA) is 32.7 Å². The van der Waals surface area contributed by atoms with Gasteiger partial charge in [-0.2, -0.15) is 0 Å². The van der Waals surface area contributed by atoms with Crippen molar-refractivity contribution >= 4 is 0 Å². The largest absolute Gasteiger partial charge is 0.491 e. The number of rotatable bonds is 5. The third kappa shape index (κ3) is 3.22. The van der Waals surface area contributed by atoms with Crippen LogP contribution in [0.3, 0.4) is 0 Å². The van der Waals surface area contributed by atoms with E-state index >= 15 is 0 Å². The third-order valence-electron chi connectivity index (χ3n) is 2.86. The van der Waals surface area contributed by atoms with Crippen molar-refractivity contribution in [3.05, 3.63) is 29.8 Å². The molecule has 1 aromatic carbocycles. The van der Waals surface area contributed by atoms with Gasteiger partial charge >= 0.3 is 0 Å². The van der Waals surface area contributed by atoms with E-state index in [4.69, 9.17) is 9.84 Å². The van der Waals surface area contributed by atoms with E-state index in [1.54, 1.807) is 0 Å². The van der Waals surface area contributed by atoms with Crippen LogP contribution in [0.15, 0.2) is 24.3 Å². The number of nitrogens with zero attached hydrogens (tertiary/aromatic N) is 1. The molecule has 0 bridgehead atoms. The molecule has 1 aromatic rings. The van der Waals surface area contributed by atoms with E-state index in [-0.39, 0.29) is 6.61 Å². The molecule has 16 heavy (non-hydrogen) atoms. The Morgan fingerprint density at radius 2 is 2.06 bits per heavy atom. The maximum Gasteiger partial charge on any atom is 0.119 e. The standard InChI is InChI=1S/C13H19NO2/c15-8-9-16-13-5-3-4-12(10-13)11-14-6-1-2-7-14/h3-5,10,15H,1-2,6-9,11H2. The SMILES string of the molecule is OCCOc1cccc(CN2CCCC2)c1. The molecule has 1 saturated heterocycles. The van der Waals surface area contributed by atoms with Crippen molar-refractivity contribution in [1.29, 1.82) is 0 Å². The van der Waals surface area contributed by atoms with Crippen molar-refractivity contribution < 1.29 is 9.84 Å². The Bertz CT molecular complexity index is 321. The van der Waals surface area contributed by atoms with Gasteiger partial charge in [-0.05, 0) is 43.6 Å². The average Bonchev–Trinajstić information content (AvgIpc) is 2.80. The van der Waals surface area contributed by atoms with Crippen LogP contribution in [0, 0.1) is 0 Å². The van der Waals surface area contributed by atoms with Crippen LogP contribution in [0.4, 0.5) is 0 Å². The molecule has 88 valence electrons. The normalized spacial score (nSPS) is 16.6. The van der Waals surface area contributed by atoms with E-state index in [2.05, 4.69) is 17.0 Å². The maximum absolute atomic E-state index is 8.69. The van der Waals surface area contributed by atoms with Gasteiger partial charge in [0.25, 0.3) is 0 Å². The zero-order chi connectivity index (χ0) is 11.2. The molecule has 0 saturated carbocycles. The van der Waals surface area contributed by atoms with Crippen LogP contribution in [0.25, 0.3) is 0 Å². The summed E-state index contributed by atoms with van der Waals surface area (Å²) in [6.07, 6.45) is 2.64. The third-order valence-corrected chi connectivity index (χ3v) is 2.86. The monoisotopic (exact) mass is 221 g/mol. The Labute approximate surface area is 96.6 Å². The molecule has 3 heteroatoms. The second kappa shape index (κ2) is 5.87. The van der Waals surface area contributed by atoms with Gasteiger partial charge in [0, 0.05) is 6.54 Å². The second-order valence-corrected chi connectivity index (χ2v) is 4.20. The fourth-order valence-electron chi connectivity index (χ4n) is 2.10.